The van der Waals surface area contributed by atoms with Crippen molar-refractivity contribution in [1.29, 1.82) is 0 Å². The highest BCUT2D eigenvalue weighted by Gasteiger charge is 2.15. The molecule has 0 amide bonds. The quantitative estimate of drug-likeness (QED) is 0.818. The van der Waals surface area contributed by atoms with Gasteiger partial charge < -0.3 is 10.1 Å². The van der Waals surface area contributed by atoms with Crippen LogP contribution in [0.2, 0.25) is 0 Å². The molecule has 1 heterocycles. The second kappa shape index (κ2) is 4.67. The molecule has 0 aliphatic carbocycles. The maximum atomic E-state index is 5.85. The van der Waals surface area contributed by atoms with E-state index in [0.717, 1.165) is 25.3 Å². The SMILES string of the molecule is CC(C)c1ccc(O[C@H]2CCNC2)cc1. The Hall–Kier alpha value is -1.02. The van der Waals surface area contributed by atoms with Crippen molar-refractivity contribution >= 4 is 0 Å². The van der Waals surface area contributed by atoms with Gasteiger partial charge in [0.05, 0.1) is 0 Å². The predicted molar refractivity (Wildman–Crippen MR) is 62.4 cm³/mol. The van der Waals surface area contributed by atoms with Crippen LogP contribution in [0.5, 0.6) is 5.75 Å². The molecule has 15 heavy (non-hydrogen) atoms. The molecule has 1 fully saturated rings. The molecule has 2 heteroatoms. The smallest absolute Gasteiger partial charge is 0.119 e. The molecule has 1 saturated heterocycles. The lowest BCUT2D eigenvalue weighted by Crippen LogP contribution is -2.19. The van der Waals surface area contributed by atoms with Gasteiger partial charge in [0.2, 0.25) is 0 Å². The van der Waals surface area contributed by atoms with Gasteiger partial charge in [-0.05, 0) is 36.6 Å². The second-order valence-corrected chi connectivity index (χ2v) is 4.46. The van der Waals surface area contributed by atoms with Crippen LogP contribution in [0.3, 0.4) is 0 Å². The largest absolute Gasteiger partial charge is 0.489 e. The van der Waals surface area contributed by atoms with Crippen molar-refractivity contribution in [2.45, 2.75) is 32.3 Å². The zero-order valence-electron chi connectivity index (χ0n) is 9.49. The van der Waals surface area contributed by atoms with Crippen LogP contribution in [0.1, 0.15) is 31.7 Å². The summed E-state index contributed by atoms with van der Waals surface area (Å²) < 4.78 is 5.85. The first-order chi connectivity index (χ1) is 7.25. The average Bonchev–Trinajstić information content (AvgIpc) is 2.71. The van der Waals surface area contributed by atoms with Crippen molar-refractivity contribution in [3.8, 4) is 5.75 Å². The lowest BCUT2D eigenvalue weighted by Gasteiger charge is -2.13. The van der Waals surface area contributed by atoms with Crippen molar-refractivity contribution in [3.63, 3.8) is 0 Å². The van der Waals surface area contributed by atoms with Crippen LogP contribution in [0.15, 0.2) is 24.3 Å². The van der Waals surface area contributed by atoms with E-state index < -0.39 is 0 Å². The third-order valence-corrected chi connectivity index (χ3v) is 2.86. The minimum atomic E-state index is 0.356. The summed E-state index contributed by atoms with van der Waals surface area (Å²) in [6.45, 7) is 6.47. The zero-order valence-corrected chi connectivity index (χ0v) is 9.49. The molecule has 2 nitrogen and oxygen atoms in total. The molecule has 0 bridgehead atoms. The van der Waals surface area contributed by atoms with Crippen LogP contribution in [-0.4, -0.2) is 19.2 Å². The molecule has 1 N–H and O–H groups in total. The van der Waals surface area contributed by atoms with Gasteiger partial charge in [-0.1, -0.05) is 26.0 Å². The molecular formula is C13H19NO. The fourth-order valence-electron chi connectivity index (χ4n) is 1.85. The topological polar surface area (TPSA) is 21.3 Å². The molecule has 0 unspecified atom stereocenters. The van der Waals surface area contributed by atoms with E-state index in [0.29, 0.717) is 12.0 Å². The van der Waals surface area contributed by atoms with Crippen LogP contribution in [0.25, 0.3) is 0 Å². The molecular weight excluding hydrogens is 186 g/mol. The van der Waals surface area contributed by atoms with Gasteiger partial charge in [-0.3, -0.25) is 0 Å². The van der Waals surface area contributed by atoms with Crippen LogP contribution in [0, 0.1) is 0 Å². The van der Waals surface area contributed by atoms with Gasteiger partial charge in [0.15, 0.2) is 0 Å². The number of hydrogen-bond acceptors (Lipinski definition) is 2. The molecule has 1 aliphatic heterocycles. The molecule has 2 rings (SSSR count). The van der Waals surface area contributed by atoms with Crippen LogP contribution >= 0.6 is 0 Å². The highest BCUT2D eigenvalue weighted by atomic mass is 16.5. The number of nitrogens with one attached hydrogen (secondary N) is 1. The van der Waals surface area contributed by atoms with E-state index in [1.807, 2.05) is 0 Å². The summed E-state index contributed by atoms with van der Waals surface area (Å²) in [5.74, 6) is 1.58. The van der Waals surface area contributed by atoms with Crippen molar-refractivity contribution < 1.29 is 4.74 Å². The lowest BCUT2D eigenvalue weighted by atomic mass is 10.0. The van der Waals surface area contributed by atoms with Crippen molar-refractivity contribution in [3.05, 3.63) is 29.8 Å². The van der Waals surface area contributed by atoms with Crippen molar-refractivity contribution in [2.24, 2.45) is 0 Å². The monoisotopic (exact) mass is 205 g/mol. The third kappa shape index (κ3) is 2.72. The Morgan fingerprint density at radius 2 is 2.00 bits per heavy atom. The van der Waals surface area contributed by atoms with Gasteiger partial charge in [0.1, 0.15) is 11.9 Å². The van der Waals surface area contributed by atoms with Crippen molar-refractivity contribution in [1.82, 2.24) is 5.32 Å². The summed E-state index contributed by atoms with van der Waals surface area (Å²) in [6, 6.07) is 8.46. The molecule has 0 saturated carbocycles. The molecule has 1 aromatic carbocycles. The Bertz CT molecular complexity index is 299. The molecule has 0 spiro atoms. The number of benzene rings is 1. The molecule has 1 atom stereocenters. The van der Waals surface area contributed by atoms with E-state index in [4.69, 9.17) is 4.74 Å². The number of ether oxygens (including phenoxy) is 1. The molecule has 0 radical (unpaired) electrons. The Labute approximate surface area is 91.6 Å². The third-order valence-electron chi connectivity index (χ3n) is 2.86. The summed E-state index contributed by atoms with van der Waals surface area (Å²) in [5.41, 5.74) is 1.37. The van der Waals surface area contributed by atoms with Gasteiger partial charge in [-0.15, -0.1) is 0 Å². The minimum absolute atomic E-state index is 0.356. The number of hydrogen-bond donors (Lipinski definition) is 1. The highest BCUT2D eigenvalue weighted by molar-refractivity contribution is 5.29. The van der Waals surface area contributed by atoms with Gasteiger partial charge in [-0.25, -0.2) is 0 Å². The maximum Gasteiger partial charge on any atom is 0.119 e. The number of rotatable bonds is 3. The molecule has 0 aromatic heterocycles. The summed E-state index contributed by atoms with van der Waals surface area (Å²) in [7, 11) is 0. The fraction of sp³-hybridized carbons (Fsp3) is 0.538. The zero-order chi connectivity index (χ0) is 10.7. The second-order valence-electron chi connectivity index (χ2n) is 4.46. The maximum absolute atomic E-state index is 5.85. The van der Waals surface area contributed by atoms with E-state index >= 15 is 0 Å². The lowest BCUT2D eigenvalue weighted by molar-refractivity contribution is 0.223. The van der Waals surface area contributed by atoms with E-state index in [1.54, 1.807) is 0 Å². The first kappa shape index (κ1) is 10.5. The van der Waals surface area contributed by atoms with Crippen molar-refractivity contribution in [2.75, 3.05) is 13.1 Å². The van der Waals surface area contributed by atoms with Crippen LogP contribution in [-0.2, 0) is 0 Å². The van der Waals surface area contributed by atoms with Crippen LogP contribution < -0.4 is 10.1 Å². The Morgan fingerprint density at radius 3 is 2.53 bits per heavy atom. The Morgan fingerprint density at radius 1 is 1.27 bits per heavy atom. The molecule has 1 aromatic rings. The van der Waals surface area contributed by atoms with E-state index in [-0.39, 0.29) is 0 Å². The summed E-state index contributed by atoms with van der Waals surface area (Å²) >= 11 is 0. The van der Waals surface area contributed by atoms with Gasteiger partial charge in [-0.2, -0.15) is 0 Å². The van der Waals surface area contributed by atoms with Gasteiger partial charge in [0.25, 0.3) is 0 Å². The predicted octanol–water partition coefficient (Wildman–Crippen LogP) is 2.55. The van der Waals surface area contributed by atoms with Gasteiger partial charge in [0, 0.05) is 6.54 Å². The standard InChI is InChI=1S/C13H19NO/c1-10(2)11-3-5-12(6-4-11)15-13-7-8-14-9-13/h3-6,10,13-14H,7-9H2,1-2H3/t13-/m0/s1. The average molecular weight is 205 g/mol. The Balaban J connectivity index is 1.97. The van der Waals surface area contributed by atoms with E-state index in [2.05, 4.69) is 43.4 Å². The molecule has 82 valence electrons. The summed E-state index contributed by atoms with van der Waals surface area (Å²) in [6.07, 6.45) is 1.47. The molecule has 1 aliphatic rings. The summed E-state index contributed by atoms with van der Waals surface area (Å²) in [5, 5.41) is 3.30. The first-order valence-corrected chi connectivity index (χ1v) is 5.73. The van der Waals surface area contributed by atoms with E-state index in [1.165, 1.54) is 5.56 Å². The van der Waals surface area contributed by atoms with E-state index in [9.17, 15) is 0 Å². The summed E-state index contributed by atoms with van der Waals surface area (Å²) in [4.78, 5) is 0. The van der Waals surface area contributed by atoms with Crippen LogP contribution in [0.4, 0.5) is 0 Å². The normalized spacial score (nSPS) is 20.9. The highest BCUT2D eigenvalue weighted by Crippen LogP contribution is 2.20. The van der Waals surface area contributed by atoms with Gasteiger partial charge >= 0.3 is 0 Å². The minimum Gasteiger partial charge on any atom is -0.489 e. The fourth-order valence-corrected chi connectivity index (χ4v) is 1.85. The Kier molecular flexibility index (Phi) is 3.27. The first-order valence-electron chi connectivity index (χ1n) is 5.73.